The van der Waals surface area contributed by atoms with Crippen molar-refractivity contribution in [2.24, 2.45) is 5.41 Å². The number of hydrogen-bond donors (Lipinski definition) is 2. The normalized spacial score (nSPS) is 21.7. The van der Waals surface area contributed by atoms with Crippen molar-refractivity contribution in [1.82, 2.24) is 14.9 Å². The second-order valence-corrected chi connectivity index (χ2v) is 7.36. The highest BCUT2D eigenvalue weighted by Crippen LogP contribution is 2.44. The van der Waals surface area contributed by atoms with Gasteiger partial charge in [-0.3, -0.25) is 0 Å². The van der Waals surface area contributed by atoms with Crippen LogP contribution < -0.4 is 4.90 Å². The van der Waals surface area contributed by atoms with Gasteiger partial charge in [-0.25, -0.2) is 14.8 Å². The molecule has 0 radical (unpaired) electrons. The Bertz CT molecular complexity index is 640. The average molecular weight is 420 g/mol. The molecule has 1 unspecified atom stereocenters. The molecule has 29 heavy (non-hydrogen) atoms. The van der Waals surface area contributed by atoms with Crippen molar-refractivity contribution < 1.29 is 32.9 Å². The van der Waals surface area contributed by atoms with Crippen LogP contribution in [0, 0.1) is 5.41 Å². The summed E-state index contributed by atoms with van der Waals surface area (Å²) in [5, 5.41) is 16.2. The van der Waals surface area contributed by atoms with E-state index in [4.69, 9.17) is 19.7 Å². The molecule has 2 aliphatic rings. The smallest absolute Gasteiger partial charge is 0.475 e. The number of aliphatic hydroxyl groups is 1. The van der Waals surface area contributed by atoms with Crippen LogP contribution in [0.4, 0.5) is 19.1 Å². The molecule has 1 atom stereocenters. The van der Waals surface area contributed by atoms with Crippen LogP contribution in [-0.2, 0) is 9.53 Å². The van der Waals surface area contributed by atoms with Crippen molar-refractivity contribution in [3.05, 3.63) is 18.5 Å². The molecule has 2 saturated heterocycles. The first-order valence-corrected chi connectivity index (χ1v) is 9.37. The number of aliphatic carboxylic acids is 1. The SMILES string of the molecule is COCC1CC2(CCN(CCO)CC2)CN1c1ncccn1.O=C(O)C(F)(F)F. The summed E-state index contributed by atoms with van der Waals surface area (Å²) < 4.78 is 37.2. The van der Waals surface area contributed by atoms with Crippen LogP contribution in [0.15, 0.2) is 18.5 Å². The van der Waals surface area contributed by atoms with E-state index in [1.165, 1.54) is 12.8 Å². The molecular weight excluding hydrogens is 393 g/mol. The lowest BCUT2D eigenvalue weighted by Crippen LogP contribution is -2.42. The van der Waals surface area contributed by atoms with E-state index < -0.39 is 12.1 Å². The Labute approximate surface area is 167 Å². The monoisotopic (exact) mass is 420 g/mol. The zero-order valence-corrected chi connectivity index (χ0v) is 16.3. The number of likely N-dealkylation sites (tertiary alicyclic amines) is 1. The lowest BCUT2D eigenvalue weighted by atomic mass is 9.76. The van der Waals surface area contributed by atoms with Crippen LogP contribution in [0.1, 0.15) is 19.3 Å². The maximum Gasteiger partial charge on any atom is 0.490 e. The number of hydrogen-bond acceptors (Lipinski definition) is 7. The van der Waals surface area contributed by atoms with Gasteiger partial charge >= 0.3 is 12.1 Å². The standard InChI is InChI=1S/C16H26N4O2.C2HF3O2/c1-22-12-14-11-16(3-7-19(8-4-16)9-10-21)13-20(14)15-17-5-2-6-18-15;3-2(4,5)1(6)7/h2,5-6,14,21H,3-4,7-13H2,1H3;(H,6,7). The van der Waals surface area contributed by atoms with E-state index in [0.717, 1.165) is 45.2 Å². The van der Waals surface area contributed by atoms with Gasteiger partial charge in [0.1, 0.15) is 0 Å². The van der Waals surface area contributed by atoms with E-state index >= 15 is 0 Å². The third-order valence-electron chi connectivity index (χ3n) is 5.36. The molecule has 0 bridgehead atoms. The second-order valence-electron chi connectivity index (χ2n) is 7.36. The molecule has 3 heterocycles. The Balaban J connectivity index is 0.000000370. The first-order valence-electron chi connectivity index (χ1n) is 9.37. The highest BCUT2D eigenvalue weighted by atomic mass is 19.4. The Morgan fingerprint density at radius 2 is 1.90 bits per heavy atom. The minimum atomic E-state index is -5.08. The largest absolute Gasteiger partial charge is 0.490 e. The Kier molecular flexibility index (Phi) is 8.17. The molecule has 3 rings (SSSR count). The summed E-state index contributed by atoms with van der Waals surface area (Å²) in [6.07, 6.45) is 2.03. The number of aliphatic hydroxyl groups excluding tert-OH is 1. The number of aromatic nitrogens is 2. The number of rotatable bonds is 5. The van der Waals surface area contributed by atoms with E-state index in [1.54, 1.807) is 19.5 Å². The van der Waals surface area contributed by atoms with Crippen molar-refractivity contribution in [2.45, 2.75) is 31.5 Å². The van der Waals surface area contributed by atoms with Crippen molar-refractivity contribution in [1.29, 1.82) is 0 Å². The van der Waals surface area contributed by atoms with Crippen LogP contribution in [-0.4, -0.2) is 89.8 Å². The summed E-state index contributed by atoms with van der Waals surface area (Å²) >= 11 is 0. The van der Waals surface area contributed by atoms with E-state index in [9.17, 15) is 13.2 Å². The summed E-state index contributed by atoms with van der Waals surface area (Å²) in [5.41, 5.74) is 0.342. The minimum absolute atomic E-state index is 0.253. The number of piperidine rings is 1. The summed E-state index contributed by atoms with van der Waals surface area (Å²) in [4.78, 5) is 22.4. The van der Waals surface area contributed by atoms with Crippen molar-refractivity contribution in [2.75, 3.05) is 51.4 Å². The van der Waals surface area contributed by atoms with Crippen LogP contribution >= 0.6 is 0 Å². The predicted molar refractivity (Wildman–Crippen MR) is 98.5 cm³/mol. The molecule has 2 N–H and O–H groups in total. The van der Waals surface area contributed by atoms with Gasteiger partial charge in [0.2, 0.25) is 5.95 Å². The van der Waals surface area contributed by atoms with Gasteiger partial charge in [-0.2, -0.15) is 13.2 Å². The highest BCUT2D eigenvalue weighted by molar-refractivity contribution is 5.73. The van der Waals surface area contributed by atoms with Crippen LogP contribution in [0.3, 0.4) is 0 Å². The lowest BCUT2D eigenvalue weighted by molar-refractivity contribution is -0.192. The summed E-state index contributed by atoms with van der Waals surface area (Å²) in [6, 6.07) is 2.21. The van der Waals surface area contributed by atoms with Gasteiger partial charge in [0.05, 0.1) is 19.3 Å². The van der Waals surface area contributed by atoms with Gasteiger partial charge in [-0.1, -0.05) is 0 Å². The maximum atomic E-state index is 10.6. The Hall–Kier alpha value is -1.98. The lowest BCUT2D eigenvalue weighted by Gasteiger charge is -2.39. The third-order valence-corrected chi connectivity index (χ3v) is 5.36. The van der Waals surface area contributed by atoms with E-state index in [-0.39, 0.29) is 6.61 Å². The topological polar surface area (TPSA) is 99.0 Å². The molecule has 11 heteroatoms. The molecule has 1 aromatic heterocycles. The van der Waals surface area contributed by atoms with Gasteiger partial charge in [-0.05, 0) is 43.8 Å². The number of alkyl halides is 3. The molecule has 0 amide bonds. The molecule has 0 aromatic carbocycles. The Morgan fingerprint density at radius 3 is 2.38 bits per heavy atom. The quantitative estimate of drug-likeness (QED) is 0.738. The summed E-state index contributed by atoms with van der Waals surface area (Å²) in [5.74, 6) is -1.94. The maximum absolute atomic E-state index is 10.6. The van der Waals surface area contributed by atoms with Crippen molar-refractivity contribution >= 4 is 11.9 Å². The Morgan fingerprint density at radius 1 is 1.31 bits per heavy atom. The number of carbonyl (C=O) groups is 1. The second kappa shape index (κ2) is 10.2. The van der Waals surface area contributed by atoms with E-state index in [1.807, 2.05) is 6.07 Å². The molecule has 164 valence electrons. The van der Waals surface area contributed by atoms with Gasteiger partial charge in [0.25, 0.3) is 0 Å². The third kappa shape index (κ3) is 6.51. The molecular formula is C18H27F3N4O4. The molecule has 1 aromatic rings. The first kappa shape index (κ1) is 23.3. The number of carboxylic acid groups (broad SMARTS) is 1. The summed E-state index contributed by atoms with van der Waals surface area (Å²) in [7, 11) is 1.76. The minimum Gasteiger partial charge on any atom is -0.475 e. The van der Waals surface area contributed by atoms with Crippen LogP contribution in [0.5, 0.6) is 0 Å². The van der Waals surface area contributed by atoms with Gasteiger partial charge < -0.3 is 24.7 Å². The van der Waals surface area contributed by atoms with Crippen molar-refractivity contribution in [3.8, 4) is 0 Å². The number of methoxy groups -OCH3 is 1. The fourth-order valence-electron chi connectivity index (χ4n) is 3.93. The number of nitrogens with zero attached hydrogens (tertiary/aromatic N) is 4. The van der Waals surface area contributed by atoms with Crippen LogP contribution in [0.25, 0.3) is 0 Å². The molecule has 0 aliphatic carbocycles. The fraction of sp³-hybridized carbons (Fsp3) is 0.722. The zero-order chi connectivity index (χ0) is 21.5. The average Bonchev–Trinajstić information content (AvgIpc) is 3.03. The number of carboxylic acids is 1. The van der Waals surface area contributed by atoms with Gasteiger partial charge in [-0.15, -0.1) is 0 Å². The number of halogens is 3. The van der Waals surface area contributed by atoms with Crippen LogP contribution in [0.2, 0.25) is 0 Å². The number of anilines is 1. The predicted octanol–water partition coefficient (Wildman–Crippen LogP) is 1.41. The number of ether oxygens (including phenoxy) is 1. The van der Waals surface area contributed by atoms with Crippen molar-refractivity contribution in [3.63, 3.8) is 0 Å². The number of β-amino-alcohol motifs (C(OH)–C–C–N with tert-alkyl or cyclic N) is 1. The molecule has 2 fully saturated rings. The fourth-order valence-corrected chi connectivity index (χ4v) is 3.93. The molecule has 1 spiro atoms. The van der Waals surface area contributed by atoms with Gasteiger partial charge in [0, 0.05) is 32.6 Å². The summed E-state index contributed by atoms with van der Waals surface area (Å²) in [6.45, 7) is 4.93. The van der Waals surface area contributed by atoms with Gasteiger partial charge in [0.15, 0.2) is 0 Å². The zero-order valence-electron chi connectivity index (χ0n) is 16.3. The molecule has 8 nitrogen and oxygen atoms in total. The van der Waals surface area contributed by atoms with E-state index in [2.05, 4.69) is 19.8 Å². The van der Waals surface area contributed by atoms with E-state index in [0.29, 0.717) is 11.5 Å². The molecule has 2 aliphatic heterocycles. The first-order chi connectivity index (χ1) is 13.7. The highest BCUT2D eigenvalue weighted by Gasteiger charge is 2.46. The molecule has 0 saturated carbocycles.